The standard InChI is InChI=1S/C14H23N3O2.2ClH/c1-11-13(19-10-17-11)14(18)16-9-8-15-12-6-4-2-3-5-7-12;;/h10,12,15H,2-9H2,1H3,(H,16,18);2*1H. The van der Waals surface area contributed by atoms with Crippen molar-refractivity contribution >= 4 is 30.7 Å². The molecule has 1 aromatic heterocycles. The molecule has 0 bridgehead atoms. The smallest absolute Gasteiger partial charge is 0.289 e. The summed E-state index contributed by atoms with van der Waals surface area (Å²) in [5, 5.41) is 6.36. The van der Waals surface area contributed by atoms with Crippen molar-refractivity contribution in [1.82, 2.24) is 15.6 Å². The van der Waals surface area contributed by atoms with Crippen LogP contribution in [0.15, 0.2) is 10.8 Å². The van der Waals surface area contributed by atoms with Gasteiger partial charge in [0, 0.05) is 19.1 Å². The Morgan fingerprint density at radius 1 is 1.24 bits per heavy atom. The van der Waals surface area contributed by atoms with Crippen LogP contribution < -0.4 is 10.6 Å². The zero-order valence-corrected chi connectivity index (χ0v) is 14.0. The monoisotopic (exact) mass is 337 g/mol. The van der Waals surface area contributed by atoms with Gasteiger partial charge in [0.1, 0.15) is 0 Å². The van der Waals surface area contributed by atoms with E-state index in [2.05, 4.69) is 15.6 Å². The molecule has 0 spiro atoms. The van der Waals surface area contributed by atoms with Gasteiger partial charge in [-0.1, -0.05) is 25.7 Å². The van der Waals surface area contributed by atoms with Crippen LogP contribution in [0.25, 0.3) is 0 Å². The second-order valence-electron chi connectivity index (χ2n) is 5.17. The van der Waals surface area contributed by atoms with Gasteiger partial charge in [-0.15, -0.1) is 24.8 Å². The van der Waals surface area contributed by atoms with Crippen molar-refractivity contribution in [2.75, 3.05) is 13.1 Å². The zero-order chi connectivity index (χ0) is 13.5. The largest absolute Gasteiger partial charge is 0.438 e. The van der Waals surface area contributed by atoms with E-state index in [1.165, 1.54) is 44.9 Å². The average molecular weight is 338 g/mol. The Morgan fingerprint density at radius 2 is 1.90 bits per heavy atom. The average Bonchev–Trinajstić information content (AvgIpc) is 2.68. The van der Waals surface area contributed by atoms with Crippen LogP contribution in [0, 0.1) is 6.92 Å². The first-order chi connectivity index (χ1) is 9.27. The highest BCUT2D eigenvalue weighted by Gasteiger charge is 2.14. The van der Waals surface area contributed by atoms with Crippen molar-refractivity contribution < 1.29 is 9.21 Å². The molecule has 7 heteroatoms. The molecule has 122 valence electrons. The summed E-state index contributed by atoms with van der Waals surface area (Å²) in [4.78, 5) is 15.7. The lowest BCUT2D eigenvalue weighted by Crippen LogP contribution is -2.36. The highest BCUT2D eigenvalue weighted by atomic mass is 35.5. The van der Waals surface area contributed by atoms with Crippen molar-refractivity contribution in [3.63, 3.8) is 0 Å². The molecule has 5 nitrogen and oxygen atoms in total. The van der Waals surface area contributed by atoms with Crippen molar-refractivity contribution in [1.29, 1.82) is 0 Å². The van der Waals surface area contributed by atoms with Gasteiger partial charge in [0.15, 0.2) is 6.39 Å². The van der Waals surface area contributed by atoms with Gasteiger partial charge in [-0.3, -0.25) is 4.79 Å². The molecule has 0 aromatic carbocycles. The Morgan fingerprint density at radius 3 is 2.48 bits per heavy atom. The number of aryl methyl sites for hydroxylation is 1. The first kappa shape index (κ1) is 20.2. The van der Waals surface area contributed by atoms with Gasteiger partial charge in [0.2, 0.25) is 5.76 Å². The minimum absolute atomic E-state index is 0. The van der Waals surface area contributed by atoms with Crippen LogP contribution in [0.1, 0.15) is 54.8 Å². The van der Waals surface area contributed by atoms with E-state index in [0.717, 1.165) is 6.54 Å². The molecule has 2 N–H and O–H groups in total. The van der Waals surface area contributed by atoms with Crippen LogP contribution in [0.3, 0.4) is 0 Å². The fraction of sp³-hybridized carbons (Fsp3) is 0.714. The molecule has 1 aliphatic carbocycles. The minimum Gasteiger partial charge on any atom is -0.438 e. The first-order valence-corrected chi connectivity index (χ1v) is 7.19. The fourth-order valence-electron chi connectivity index (χ4n) is 2.54. The van der Waals surface area contributed by atoms with Crippen molar-refractivity contribution in [2.45, 2.75) is 51.5 Å². The van der Waals surface area contributed by atoms with Gasteiger partial charge in [-0.2, -0.15) is 0 Å². The number of oxazole rings is 1. The second-order valence-corrected chi connectivity index (χ2v) is 5.17. The highest BCUT2D eigenvalue weighted by molar-refractivity contribution is 5.92. The number of carbonyl (C=O) groups is 1. The normalized spacial score (nSPS) is 15.5. The predicted molar refractivity (Wildman–Crippen MR) is 87.6 cm³/mol. The molecule has 1 saturated carbocycles. The van der Waals surface area contributed by atoms with E-state index in [0.29, 0.717) is 24.0 Å². The third-order valence-electron chi connectivity index (χ3n) is 3.65. The highest BCUT2D eigenvalue weighted by Crippen LogP contribution is 2.16. The number of halogens is 2. The maximum atomic E-state index is 11.8. The summed E-state index contributed by atoms with van der Waals surface area (Å²) >= 11 is 0. The van der Waals surface area contributed by atoms with E-state index in [1.54, 1.807) is 6.92 Å². The predicted octanol–water partition coefficient (Wildman–Crippen LogP) is 2.87. The van der Waals surface area contributed by atoms with Crippen LogP contribution >= 0.6 is 24.8 Å². The summed E-state index contributed by atoms with van der Waals surface area (Å²) in [6.45, 7) is 3.20. The molecule has 1 aliphatic rings. The molecule has 0 unspecified atom stereocenters. The summed E-state index contributed by atoms with van der Waals surface area (Å²) in [5.74, 6) is 0.132. The Bertz CT molecular complexity index is 405. The van der Waals surface area contributed by atoms with E-state index in [4.69, 9.17) is 4.42 Å². The van der Waals surface area contributed by atoms with E-state index < -0.39 is 0 Å². The van der Waals surface area contributed by atoms with Gasteiger partial charge >= 0.3 is 0 Å². The molecule has 0 aliphatic heterocycles. The zero-order valence-electron chi connectivity index (χ0n) is 12.4. The Balaban J connectivity index is 0.00000200. The number of hydrogen-bond acceptors (Lipinski definition) is 4. The molecule has 1 heterocycles. The summed E-state index contributed by atoms with van der Waals surface area (Å²) in [5.41, 5.74) is 0.634. The molecule has 1 aromatic rings. The van der Waals surface area contributed by atoms with Gasteiger partial charge < -0.3 is 15.1 Å². The van der Waals surface area contributed by atoms with E-state index in [1.807, 2.05) is 0 Å². The Hall–Kier alpha value is -0.780. The summed E-state index contributed by atoms with van der Waals surface area (Å²) in [7, 11) is 0. The molecular formula is C14H25Cl2N3O2. The van der Waals surface area contributed by atoms with Crippen LogP contribution in [0.5, 0.6) is 0 Å². The maximum absolute atomic E-state index is 11.8. The summed E-state index contributed by atoms with van der Waals surface area (Å²) in [6.07, 6.45) is 9.18. The fourth-order valence-corrected chi connectivity index (χ4v) is 2.54. The number of nitrogens with one attached hydrogen (secondary N) is 2. The molecule has 0 atom stereocenters. The number of nitrogens with zero attached hydrogens (tertiary/aromatic N) is 1. The third-order valence-corrected chi connectivity index (χ3v) is 3.65. The molecular weight excluding hydrogens is 313 g/mol. The summed E-state index contributed by atoms with van der Waals surface area (Å²) in [6, 6.07) is 0.617. The van der Waals surface area contributed by atoms with Gasteiger partial charge in [-0.05, 0) is 19.8 Å². The quantitative estimate of drug-likeness (QED) is 0.640. The lowest BCUT2D eigenvalue weighted by Gasteiger charge is -2.16. The van der Waals surface area contributed by atoms with Gasteiger partial charge in [0.05, 0.1) is 5.69 Å². The molecule has 2 rings (SSSR count). The molecule has 0 radical (unpaired) electrons. The number of hydrogen-bond donors (Lipinski definition) is 2. The summed E-state index contributed by atoms with van der Waals surface area (Å²) < 4.78 is 5.05. The number of rotatable bonds is 5. The topological polar surface area (TPSA) is 67.2 Å². The minimum atomic E-state index is -0.183. The van der Waals surface area contributed by atoms with Crippen molar-refractivity contribution in [3.05, 3.63) is 17.8 Å². The Labute approximate surface area is 138 Å². The molecule has 21 heavy (non-hydrogen) atoms. The number of amides is 1. The van der Waals surface area contributed by atoms with E-state index in [-0.39, 0.29) is 30.7 Å². The lowest BCUT2D eigenvalue weighted by molar-refractivity contribution is 0.0925. The van der Waals surface area contributed by atoms with E-state index >= 15 is 0 Å². The van der Waals surface area contributed by atoms with Crippen LogP contribution in [0.4, 0.5) is 0 Å². The Kier molecular flexibility index (Phi) is 10.5. The first-order valence-electron chi connectivity index (χ1n) is 7.19. The van der Waals surface area contributed by atoms with Crippen molar-refractivity contribution in [2.24, 2.45) is 0 Å². The number of aromatic nitrogens is 1. The van der Waals surface area contributed by atoms with Crippen LogP contribution in [-0.4, -0.2) is 30.0 Å². The van der Waals surface area contributed by atoms with Crippen LogP contribution in [0.2, 0.25) is 0 Å². The second kappa shape index (κ2) is 10.9. The molecule has 1 amide bonds. The van der Waals surface area contributed by atoms with Crippen LogP contribution in [-0.2, 0) is 0 Å². The number of carbonyl (C=O) groups excluding carboxylic acids is 1. The molecule has 0 saturated heterocycles. The van der Waals surface area contributed by atoms with Gasteiger partial charge in [-0.25, -0.2) is 4.98 Å². The lowest BCUT2D eigenvalue weighted by atomic mass is 10.1. The maximum Gasteiger partial charge on any atom is 0.289 e. The molecule has 1 fully saturated rings. The third kappa shape index (κ3) is 6.68. The SMILES string of the molecule is Cc1ncoc1C(=O)NCCNC1CCCCCC1.Cl.Cl. The van der Waals surface area contributed by atoms with Gasteiger partial charge in [0.25, 0.3) is 5.91 Å². The van der Waals surface area contributed by atoms with Crippen molar-refractivity contribution in [3.8, 4) is 0 Å². The van der Waals surface area contributed by atoms with E-state index in [9.17, 15) is 4.79 Å².